The molecule has 2 nitrogen and oxygen atoms in total. The molecule has 0 spiro atoms. The first-order valence-corrected chi connectivity index (χ1v) is 8.04. The molecule has 1 aliphatic carbocycles. The molecule has 0 aromatic heterocycles. The van der Waals surface area contributed by atoms with Crippen LogP contribution in [0.1, 0.15) is 58.6 Å². The average molecular weight is 275 g/mol. The number of rotatable bonds is 6. The molecule has 1 aromatic rings. The van der Waals surface area contributed by atoms with Crippen LogP contribution in [-0.2, 0) is 0 Å². The molecular formula is C18H29NO. The molecule has 2 heteroatoms. The van der Waals surface area contributed by atoms with Crippen LogP contribution in [-0.4, -0.2) is 13.2 Å². The molecule has 2 unspecified atom stereocenters. The van der Waals surface area contributed by atoms with Crippen LogP contribution in [0.15, 0.2) is 24.3 Å². The smallest absolute Gasteiger partial charge is 0.119 e. The second-order valence-corrected chi connectivity index (χ2v) is 6.52. The Morgan fingerprint density at radius 1 is 1.25 bits per heavy atom. The summed E-state index contributed by atoms with van der Waals surface area (Å²) < 4.78 is 5.55. The van der Waals surface area contributed by atoms with E-state index in [2.05, 4.69) is 50.4 Å². The van der Waals surface area contributed by atoms with Gasteiger partial charge in [0.25, 0.3) is 0 Å². The van der Waals surface area contributed by atoms with Gasteiger partial charge < -0.3 is 10.1 Å². The van der Waals surface area contributed by atoms with E-state index >= 15 is 0 Å². The van der Waals surface area contributed by atoms with Crippen molar-refractivity contribution in [3.63, 3.8) is 0 Å². The molecule has 0 heterocycles. The van der Waals surface area contributed by atoms with Crippen LogP contribution in [0, 0.1) is 11.3 Å². The van der Waals surface area contributed by atoms with Crippen LogP contribution in [0.5, 0.6) is 5.75 Å². The van der Waals surface area contributed by atoms with Crippen LogP contribution >= 0.6 is 0 Å². The Hall–Kier alpha value is -1.02. The fraction of sp³-hybridized carbons (Fsp3) is 0.667. The molecule has 1 aromatic carbocycles. The standard InChI is InChI=1S/C18H29NO/c1-5-19-17(16-8-7-13-18(16,3)4)14-9-11-15(12-10-14)20-6-2/h9-12,16-17,19H,5-8,13H2,1-4H3. The normalized spacial score (nSPS) is 22.7. The zero-order valence-corrected chi connectivity index (χ0v) is 13.4. The molecule has 112 valence electrons. The summed E-state index contributed by atoms with van der Waals surface area (Å²) in [7, 11) is 0. The van der Waals surface area contributed by atoms with Crippen molar-refractivity contribution in [1.29, 1.82) is 0 Å². The highest BCUT2D eigenvalue weighted by atomic mass is 16.5. The maximum Gasteiger partial charge on any atom is 0.119 e. The van der Waals surface area contributed by atoms with Crippen molar-refractivity contribution in [1.82, 2.24) is 5.32 Å². The Balaban J connectivity index is 2.19. The second-order valence-electron chi connectivity index (χ2n) is 6.52. The van der Waals surface area contributed by atoms with Gasteiger partial charge in [0.15, 0.2) is 0 Å². The summed E-state index contributed by atoms with van der Waals surface area (Å²) in [6, 6.07) is 9.13. The van der Waals surface area contributed by atoms with Gasteiger partial charge in [-0.3, -0.25) is 0 Å². The van der Waals surface area contributed by atoms with Gasteiger partial charge in [-0.25, -0.2) is 0 Å². The van der Waals surface area contributed by atoms with Crippen LogP contribution in [0.25, 0.3) is 0 Å². The van der Waals surface area contributed by atoms with Gasteiger partial charge in [-0.05, 0) is 55.3 Å². The first-order valence-electron chi connectivity index (χ1n) is 8.04. The predicted octanol–water partition coefficient (Wildman–Crippen LogP) is 4.56. The number of hydrogen-bond acceptors (Lipinski definition) is 2. The van der Waals surface area contributed by atoms with E-state index in [1.54, 1.807) is 0 Å². The lowest BCUT2D eigenvalue weighted by atomic mass is 9.75. The molecular weight excluding hydrogens is 246 g/mol. The minimum Gasteiger partial charge on any atom is -0.494 e. The summed E-state index contributed by atoms with van der Waals surface area (Å²) in [6.07, 6.45) is 4.03. The third-order valence-corrected chi connectivity index (χ3v) is 4.72. The fourth-order valence-corrected chi connectivity index (χ4v) is 3.62. The maximum atomic E-state index is 5.55. The van der Waals surface area contributed by atoms with Crippen molar-refractivity contribution in [2.75, 3.05) is 13.2 Å². The third-order valence-electron chi connectivity index (χ3n) is 4.72. The third kappa shape index (κ3) is 3.35. The largest absolute Gasteiger partial charge is 0.494 e. The topological polar surface area (TPSA) is 21.3 Å². The van der Waals surface area contributed by atoms with Crippen molar-refractivity contribution in [2.24, 2.45) is 11.3 Å². The summed E-state index contributed by atoms with van der Waals surface area (Å²) in [6.45, 7) is 10.8. The molecule has 0 radical (unpaired) electrons. The molecule has 2 rings (SSSR count). The van der Waals surface area contributed by atoms with Crippen molar-refractivity contribution < 1.29 is 4.74 Å². The minimum atomic E-state index is 0.436. The van der Waals surface area contributed by atoms with Crippen LogP contribution in [0.3, 0.4) is 0 Å². The number of ether oxygens (including phenoxy) is 1. The Morgan fingerprint density at radius 2 is 1.95 bits per heavy atom. The molecule has 0 aliphatic heterocycles. The summed E-state index contributed by atoms with van der Waals surface area (Å²) in [5.41, 5.74) is 1.83. The van der Waals surface area contributed by atoms with Gasteiger partial charge in [0.05, 0.1) is 6.61 Å². The quantitative estimate of drug-likeness (QED) is 0.821. The summed E-state index contributed by atoms with van der Waals surface area (Å²) in [5, 5.41) is 3.71. The molecule has 1 N–H and O–H groups in total. The van der Waals surface area contributed by atoms with Crippen LogP contribution in [0.4, 0.5) is 0 Å². The fourth-order valence-electron chi connectivity index (χ4n) is 3.62. The average Bonchev–Trinajstić information content (AvgIpc) is 2.77. The molecule has 1 aliphatic rings. The first kappa shape index (κ1) is 15.4. The minimum absolute atomic E-state index is 0.436. The molecule has 1 fully saturated rings. The number of hydrogen-bond donors (Lipinski definition) is 1. The molecule has 20 heavy (non-hydrogen) atoms. The molecule has 2 atom stereocenters. The van der Waals surface area contributed by atoms with Crippen molar-refractivity contribution >= 4 is 0 Å². The monoisotopic (exact) mass is 275 g/mol. The summed E-state index contributed by atoms with van der Waals surface area (Å²) in [4.78, 5) is 0. The zero-order valence-electron chi connectivity index (χ0n) is 13.4. The van der Waals surface area contributed by atoms with E-state index in [0.717, 1.165) is 24.8 Å². The summed E-state index contributed by atoms with van der Waals surface area (Å²) >= 11 is 0. The Kier molecular flexibility index (Phi) is 5.09. The van der Waals surface area contributed by atoms with E-state index in [0.29, 0.717) is 11.5 Å². The van der Waals surface area contributed by atoms with Gasteiger partial charge >= 0.3 is 0 Å². The zero-order chi connectivity index (χ0) is 14.6. The van der Waals surface area contributed by atoms with E-state index in [4.69, 9.17) is 4.74 Å². The Bertz CT molecular complexity index is 410. The highest BCUT2D eigenvalue weighted by molar-refractivity contribution is 5.30. The van der Waals surface area contributed by atoms with Crippen LogP contribution in [0.2, 0.25) is 0 Å². The van der Waals surface area contributed by atoms with E-state index in [9.17, 15) is 0 Å². The van der Waals surface area contributed by atoms with Crippen molar-refractivity contribution in [3.05, 3.63) is 29.8 Å². The molecule has 0 saturated heterocycles. The predicted molar refractivity (Wildman–Crippen MR) is 85.2 cm³/mol. The highest BCUT2D eigenvalue weighted by Crippen LogP contribution is 2.48. The lowest BCUT2D eigenvalue weighted by Crippen LogP contribution is -2.33. The summed E-state index contributed by atoms with van der Waals surface area (Å²) in [5.74, 6) is 1.69. The number of nitrogens with one attached hydrogen (secondary N) is 1. The molecule has 0 bridgehead atoms. The molecule has 1 saturated carbocycles. The lowest BCUT2D eigenvalue weighted by molar-refractivity contribution is 0.199. The second kappa shape index (κ2) is 6.62. The van der Waals surface area contributed by atoms with Crippen molar-refractivity contribution in [2.45, 2.75) is 53.0 Å². The lowest BCUT2D eigenvalue weighted by Gasteiger charge is -2.35. The van der Waals surface area contributed by atoms with Gasteiger partial charge in [-0.2, -0.15) is 0 Å². The van der Waals surface area contributed by atoms with Crippen LogP contribution < -0.4 is 10.1 Å². The number of benzene rings is 1. The van der Waals surface area contributed by atoms with Gasteiger partial charge in [0.1, 0.15) is 5.75 Å². The highest BCUT2D eigenvalue weighted by Gasteiger charge is 2.39. The maximum absolute atomic E-state index is 5.55. The Labute approximate surface area is 123 Å². The first-order chi connectivity index (χ1) is 9.58. The van der Waals surface area contributed by atoms with E-state index in [1.807, 2.05) is 6.92 Å². The Morgan fingerprint density at radius 3 is 2.45 bits per heavy atom. The van der Waals surface area contributed by atoms with E-state index in [1.165, 1.54) is 24.8 Å². The van der Waals surface area contributed by atoms with Gasteiger partial charge in [0.2, 0.25) is 0 Å². The van der Waals surface area contributed by atoms with Gasteiger partial charge in [-0.15, -0.1) is 0 Å². The SMILES string of the molecule is CCNC(c1ccc(OCC)cc1)C1CCCC1(C)C. The van der Waals surface area contributed by atoms with Gasteiger partial charge in [-0.1, -0.05) is 39.3 Å². The van der Waals surface area contributed by atoms with Gasteiger partial charge in [0, 0.05) is 6.04 Å². The van der Waals surface area contributed by atoms with E-state index in [-0.39, 0.29) is 0 Å². The van der Waals surface area contributed by atoms with Crippen molar-refractivity contribution in [3.8, 4) is 5.75 Å². The molecule has 0 amide bonds. The van der Waals surface area contributed by atoms with E-state index < -0.39 is 0 Å².